The van der Waals surface area contributed by atoms with Crippen LogP contribution in [-0.4, -0.2) is 48.5 Å². The minimum Gasteiger partial charge on any atom is -0.357 e. The number of hydrogen-bond acceptors (Lipinski definition) is 4. The summed E-state index contributed by atoms with van der Waals surface area (Å²) < 4.78 is 24.9. The first kappa shape index (κ1) is 22.8. The van der Waals surface area contributed by atoms with E-state index in [2.05, 4.69) is 55.5 Å². The highest BCUT2D eigenvalue weighted by molar-refractivity contribution is 7.90. The Bertz CT molecular complexity index is 1120. The fourth-order valence-electron chi connectivity index (χ4n) is 3.27. The Hall–Kier alpha value is -2.87. The number of nitrogens with zero attached hydrogens (tertiary/aromatic N) is 3. The van der Waals surface area contributed by atoms with Crippen LogP contribution in [0.3, 0.4) is 0 Å². The quantitative estimate of drug-likeness (QED) is 0.394. The van der Waals surface area contributed by atoms with E-state index in [0.29, 0.717) is 18.9 Å². The Kier molecular flexibility index (Phi) is 7.68. The fourth-order valence-corrected chi connectivity index (χ4v) is 4.05. The number of fused-ring (bicyclic) bond motifs is 1. The topological polar surface area (TPSA) is 88.4 Å². The molecule has 0 fully saturated rings. The number of benzene rings is 2. The number of rotatable bonds is 9. The summed E-state index contributed by atoms with van der Waals surface area (Å²) >= 11 is 0. The van der Waals surface area contributed by atoms with Gasteiger partial charge in [-0.15, -0.1) is 0 Å². The molecule has 0 radical (unpaired) electrons. The summed E-state index contributed by atoms with van der Waals surface area (Å²) in [6.07, 6.45) is 3.68. The number of aromatic nitrogens is 2. The average molecular weight is 442 g/mol. The minimum absolute atomic E-state index is 0.0138. The van der Waals surface area contributed by atoms with Crippen LogP contribution in [0.2, 0.25) is 0 Å². The summed E-state index contributed by atoms with van der Waals surface area (Å²) in [5, 5.41) is 6.50. The zero-order chi connectivity index (χ0) is 22.3. The van der Waals surface area contributed by atoms with Gasteiger partial charge in [-0.3, -0.25) is 0 Å². The molecule has 31 heavy (non-hydrogen) atoms. The van der Waals surface area contributed by atoms with Gasteiger partial charge in [0.2, 0.25) is 0 Å². The maximum absolute atomic E-state index is 11.4. The van der Waals surface area contributed by atoms with E-state index in [1.54, 1.807) is 0 Å². The lowest BCUT2D eigenvalue weighted by Crippen LogP contribution is -2.42. The number of hydrogen-bond donors (Lipinski definition) is 2. The summed E-state index contributed by atoms with van der Waals surface area (Å²) in [6.45, 7) is 6.02. The van der Waals surface area contributed by atoms with Gasteiger partial charge in [-0.2, -0.15) is 0 Å². The lowest BCUT2D eigenvalue weighted by Gasteiger charge is -2.17. The molecule has 0 spiro atoms. The second kappa shape index (κ2) is 10.4. The normalized spacial score (nSPS) is 13.3. The molecule has 0 saturated carbocycles. The van der Waals surface area contributed by atoms with Crippen molar-refractivity contribution in [2.75, 3.05) is 18.6 Å². The Morgan fingerprint density at radius 1 is 1.13 bits per heavy atom. The zero-order valence-electron chi connectivity index (χ0n) is 18.4. The molecule has 3 rings (SSSR count). The van der Waals surface area contributed by atoms with Gasteiger partial charge in [-0.05, 0) is 43.5 Å². The predicted molar refractivity (Wildman–Crippen MR) is 127 cm³/mol. The van der Waals surface area contributed by atoms with Gasteiger partial charge < -0.3 is 15.2 Å². The monoisotopic (exact) mass is 441 g/mol. The molecule has 1 unspecified atom stereocenters. The van der Waals surface area contributed by atoms with Crippen molar-refractivity contribution in [3.05, 3.63) is 66.0 Å². The van der Waals surface area contributed by atoms with Crippen molar-refractivity contribution in [2.24, 2.45) is 4.99 Å². The highest BCUT2D eigenvalue weighted by Crippen LogP contribution is 2.14. The van der Waals surface area contributed by atoms with E-state index in [4.69, 9.17) is 0 Å². The van der Waals surface area contributed by atoms with Crippen LogP contribution in [0.5, 0.6) is 0 Å². The number of nitrogens with one attached hydrogen (secondary N) is 2. The molecule has 0 bridgehead atoms. The molecule has 1 atom stereocenters. The lowest BCUT2D eigenvalue weighted by molar-refractivity contribution is 0.581. The van der Waals surface area contributed by atoms with Gasteiger partial charge in [0.05, 0.1) is 29.7 Å². The molecule has 0 aliphatic heterocycles. The molecular weight excluding hydrogens is 410 g/mol. The second-order valence-electron chi connectivity index (χ2n) is 7.84. The summed E-state index contributed by atoms with van der Waals surface area (Å²) in [5.74, 6) is 0.853. The molecule has 0 aliphatic rings. The number of guanidine groups is 1. The smallest absolute Gasteiger partial charge is 0.191 e. The molecule has 1 aromatic heterocycles. The van der Waals surface area contributed by atoms with E-state index < -0.39 is 9.84 Å². The third-order valence-corrected chi connectivity index (χ3v) is 5.95. The van der Waals surface area contributed by atoms with Gasteiger partial charge in [0, 0.05) is 25.4 Å². The third kappa shape index (κ3) is 7.10. The zero-order valence-corrected chi connectivity index (χ0v) is 19.2. The fraction of sp³-hybridized carbons (Fsp3) is 0.391. The van der Waals surface area contributed by atoms with Crippen LogP contribution in [-0.2, 0) is 22.9 Å². The molecular formula is C23H31N5O2S. The Labute approximate surface area is 184 Å². The molecule has 3 aromatic rings. The SMILES string of the molecule is CCNC(=NCc1ccc(Cn2cnc3ccccc32)cc1)NC(C)CCS(C)(=O)=O. The predicted octanol–water partition coefficient (Wildman–Crippen LogP) is 2.96. The molecule has 8 heteroatoms. The third-order valence-electron chi connectivity index (χ3n) is 4.97. The molecule has 2 N–H and O–H groups in total. The van der Waals surface area contributed by atoms with E-state index in [1.165, 1.54) is 11.8 Å². The number of imidazole rings is 1. The van der Waals surface area contributed by atoms with E-state index >= 15 is 0 Å². The van der Waals surface area contributed by atoms with E-state index in [1.807, 2.05) is 38.4 Å². The highest BCUT2D eigenvalue weighted by atomic mass is 32.2. The summed E-state index contributed by atoms with van der Waals surface area (Å²) in [5.41, 5.74) is 4.45. The van der Waals surface area contributed by atoms with Gasteiger partial charge in [-0.25, -0.2) is 18.4 Å². The van der Waals surface area contributed by atoms with E-state index in [-0.39, 0.29) is 11.8 Å². The van der Waals surface area contributed by atoms with Crippen LogP contribution >= 0.6 is 0 Å². The first-order valence-corrected chi connectivity index (χ1v) is 12.6. The molecule has 7 nitrogen and oxygen atoms in total. The van der Waals surface area contributed by atoms with Crippen LogP contribution in [0.1, 0.15) is 31.4 Å². The van der Waals surface area contributed by atoms with Crippen molar-refractivity contribution in [2.45, 2.75) is 39.4 Å². The molecule has 0 aliphatic carbocycles. The van der Waals surface area contributed by atoms with E-state index in [0.717, 1.165) is 29.7 Å². The highest BCUT2D eigenvalue weighted by Gasteiger charge is 2.09. The molecule has 2 aromatic carbocycles. The average Bonchev–Trinajstić information content (AvgIpc) is 3.14. The maximum Gasteiger partial charge on any atom is 0.191 e. The Balaban J connectivity index is 1.59. The molecule has 166 valence electrons. The van der Waals surface area contributed by atoms with Crippen molar-refractivity contribution < 1.29 is 8.42 Å². The number of para-hydroxylation sites is 2. The van der Waals surface area contributed by atoms with E-state index in [9.17, 15) is 8.42 Å². The van der Waals surface area contributed by atoms with Crippen LogP contribution in [0, 0.1) is 0 Å². The van der Waals surface area contributed by atoms with Gasteiger partial charge in [-0.1, -0.05) is 36.4 Å². The van der Waals surface area contributed by atoms with Crippen LogP contribution in [0.25, 0.3) is 11.0 Å². The van der Waals surface area contributed by atoms with Crippen LogP contribution < -0.4 is 10.6 Å². The Morgan fingerprint density at radius 2 is 1.84 bits per heavy atom. The van der Waals surface area contributed by atoms with Gasteiger partial charge in [0.15, 0.2) is 5.96 Å². The van der Waals surface area contributed by atoms with Crippen molar-refractivity contribution in [3.63, 3.8) is 0 Å². The lowest BCUT2D eigenvalue weighted by atomic mass is 10.1. The van der Waals surface area contributed by atoms with Gasteiger partial charge in [0.1, 0.15) is 9.84 Å². The van der Waals surface area contributed by atoms with Gasteiger partial charge >= 0.3 is 0 Å². The maximum atomic E-state index is 11.4. The van der Waals surface area contributed by atoms with Crippen molar-refractivity contribution in [3.8, 4) is 0 Å². The summed E-state index contributed by atoms with van der Waals surface area (Å²) in [4.78, 5) is 9.09. The summed E-state index contributed by atoms with van der Waals surface area (Å²) in [7, 11) is -2.96. The first-order chi connectivity index (χ1) is 14.8. The van der Waals surface area contributed by atoms with Crippen molar-refractivity contribution in [1.29, 1.82) is 0 Å². The first-order valence-electron chi connectivity index (χ1n) is 10.5. The summed E-state index contributed by atoms with van der Waals surface area (Å²) in [6, 6.07) is 16.6. The van der Waals surface area contributed by atoms with Crippen molar-refractivity contribution in [1.82, 2.24) is 20.2 Å². The minimum atomic E-state index is -2.96. The molecule has 0 amide bonds. The number of sulfone groups is 1. The Morgan fingerprint density at radius 3 is 2.55 bits per heavy atom. The van der Waals surface area contributed by atoms with Crippen LogP contribution in [0.15, 0.2) is 59.9 Å². The van der Waals surface area contributed by atoms with Crippen molar-refractivity contribution >= 4 is 26.8 Å². The molecule has 0 saturated heterocycles. The standard InChI is InChI=1S/C23H31N5O2S/c1-4-24-23(27-18(2)13-14-31(3,29)30)25-15-19-9-11-20(12-10-19)16-28-17-26-21-7-5-6-8-22(21)28/h5-12,17-18H,4,13-16H2,1-3H3,(H2,24,25,27). The second-order valence-corrected chi connectivity index (χ2v) is 10.1. The largest absolute Gasteiger partial charge is 0.357 e. The number of aliphatic imine (C=N–C) groups is 1. The molecule has 1 heterocycles. The van der Waals surface area contributed by atoms with Crippen LogP contribution in [0.4, 0.5) is 0 Å². The van der Waals surface area contributed by atoms with Gasteiger partial charge in [0.25, 0.3) is 0 Å².